The highest BCUT2D eigenvalue weighted by Gasteiger charge is 2.03. The number of morpholine rings is 1. The van der Waals surface area contributed by atoms with Crippen molar-refractivity contribution in [1.82, 2.24) is 4.90 Å². The minimum Gasteiger partial charge on any atom is -0.378 e. The monoisotopic (exact) mass is 131 g/mol. The van der Waals surface area contributed by atoms with Crippen molar-refractivity contribution in [3.63, 3.8) is 0 Å². The van der Waals surface area contributed by atoms with E-state index in [4.69, 9.17) is 11.2 Å². The summed E-state index contributed by atoms with van der Waals surface area (Å²) < 4.78 is 5.06. The molecule has 52 valence electrons. The van der Waals surface area contributed by atoms with E-state index in [1.54, 1.807) is 0 Å². The van der Waals surface area contributed by atoms with E-state index in [1.165, 1.54) is 0 Å². The Hall–Kier alpha value is -0.750. The molecule has 0 N–H and O–H groups in total. The first-order chi connectivity index (χ1) is 3.93. The molecular weight excluding hydrogens is 121 g/mol. The first-order valence-corrected chi connectivity index (χ1v) is 2.72. The first-order valence-electron chi connectivity index (χ1n) is 2.72. The topological polar surface area (TPSA) is 12.5 Å². The summed E-state index contributed by atoms with van der Waals surface area (Å²) in [6, 6.07) is 2.56. The number of rotatable bonds is 0. The summed E-state index contributed by atoms with van der Waals surface area (Å²) in [5, 5.41) is 0. The zero-order valence-corrected chi connectivity index (χ0v) is 5.17. The Labute approximate surface area is 54.2 Å². The van der Waals surface area contributed by atoms with Crippen LogP contribution in [-0.4, -0.2) is 31.2 Å². The zero-order valence-electron chi connectivity index (χ0n) is 5.17. The van der Waals surface area contributed by atoms with Gasteiger partial charge in [-0.25, -0.2) is 0 Å². The van der Waals surface area contributed by atoms with Gasteiger partial charge in [-0.2, -0.15) is 0 Å². The van der Waals surface area contributed by atoms with Crippen molar-refractivity contribution < 1.29 is 9.44 Å². The van der Waals surface area contributed by atoms with Crippen molar-refractivity contribution in [2.24, 2.45) is 0 Å². The summed E-state index contributed by atoms with van der Waals surface area (Å²) >= 11 is 0. The molecule has 1 saturated heterocycles. The maximum Gasteiger partial charge on any atom is 0.0649 e. The van der Waals surface area contributed by atoms with Crippen LogP contribution in [0.3, 0.4) is 0 Å². The van der Waals surface area contributed by atoms with Gasteiger partial charge in [0.1, 0.15) is 0 Å². The molecule has 0 radical (unpaired) electrons. The summed E-state index contributed by atoms with van der Waals surface area (Å²) in [7, 11) is 0. The molecule has 0 aliphatic carbocycles. The van der Waals surface area contributed by atoms with Gasteiger partial charge in [-0.15, -0.1) is 0 Å². The molecule has 9 heavy (non-hydrogen) atoms. The number of halogens is 1. The summed E-state index contributed by atoms with van der Waals surface area (Å²) in [6.07, 6.45) is 5.12. The van der Waals surface area contributed by atoms with Crippen LogP contribution in [0.5, 0.6) is 0 Å². The first kappa shape index (κ1) is 8.25. The van der Waals surface area contributed by atoms with Gasteiger partial charge in [0.25, 0.3) is 0 Å². The van der Waals surface area contributed by atoms with Crippen LogP contribution >= 0.6 is 0 Å². The highest BCUT2D eigenvalue weighted by Crippen LogP contribution is 1.92. The minimum atomic E-state index is 0. The van der Waals surface area contributed by atoms with Gasteiger partial charge in [-0.3, -0.25) is 4.70 Å². The van der Waals surface area contributed by atoms with Crippen molar-refractivity contribution in [3.8, 4) is 12.5 Å². The second kappa shape index (κ2) is 4.16. The van der Waals surface area contributed by atoms with Crippen molar-refractivity contribution in [2.75, 3.05) is 26.3 Å². The maximum atomic E-state index is 5.12. The minimum absolute atomic E-state index is 0. The van der Waals surface area contributed by atoms with Gasteiger partial charge in [0, 0.05) is 19.1 Å². The standard InChI is InChI=1S/C6H9NO.FH/c1-2-7-3-5-8-6-4-7;/h1H,3-6H2;1H. The molecule has 0 aromatic carbocycles. The predicted octanol–water partition coefficient (Wildman–Crippen LogP) is 0.0618. The normalized spacial score (nSPS) is 17.9. The van der Waals surface area contributed by atoms with Gasteiger partial charge in [0.05, 0.1) is 13.2 Å². The molecule has 0 spiro atoms. The van der Waals surface area contributed by atoms with Crippen LogP contribution in [-0.2, 0) is 4.74 Å². The van der Waals surface area contributed by atoms with E-state index in [1.807, 2.05) is 4.90 Å². The molecule has 3 heteroatoms. The van der Waals surface area contributed by atoms with E-state index in [0.29, 0.717) is 0 Å². The zero-order chi connectivity index (χ0) is 5.82. The van der Waals surface area contributed by atoms with Crippen molar-refractivity contribution >= 4 is 0 Å². The molecule has 0 unspecified atom stereocenters. The lowest BCUT2D eigenvalue weighted by atomic mass is 10.5. The molecular formula is C6H10FNO. The van der Waals surface area contributed by atoms with Gasteiger partial charge >= 0.3 is 0 Å². The molecule has 1 aliphatic heterocycles. The van der Waals surface area contributed by atoms with E-state index < -0.39 is 0 Å². The van der Waals surface area contributed by atoms with Crippen molar-refractivity contribution in [3.05, 3.63) is 0 Å². The fraction of sp³-hybridized carbons (Fsp3) is 0.667. The second-order valence-electron chi connectivity index (χ2n) is 1.73. The molecule has 0 bridgehead atoms. The number of hydrogen-bond donors (Lipinski definition) is 0. The van der Waals surface area contributed by atoms with Gasteiger partial charge < -0.3 is 9.64 Å². The highest BCUT2D eigenvalue weighted by atomic mass is 19.0. The summed E-state index contributed by atoms with van der Waals surface area (Å²) in [4.78, 5) is 1.92. The average Bonchev–Trinajstić information content (AvgIpc) is 1.90. The SMILES string of the molecule is C#CN1CCOCC1.F. The third-order valence-corrected chi connectivity index (χ3v) is 1.19. The Morgan fingerprint density at radius 2 is 1.89 bits per heavy atom. The second-order valence-corrected chi connectivity index (χ2v) is 1.73. The highest BCUT2D eigenvalue weighted by molar-refractivity contribution is 4.85. The molecule has 0 saturated carbocycles. The van der Waals surface area contributed by atoms with Gasteiger partial charge in [-0.1, -0.05) is 6.42 Å². The third-order valence-electron chi connectivity index (χ3n) is 1.19. The van der Waals surface area contributed by atoms with E-state index in [2.05, 4.69) is 6.04 Å². The lowest BCUT2D eigenvalue weighted by Gasteiger charge is -2.21. The molecule has 0 aromatic heterocycles. The number of hydrogen-bond acceptors (Lipinski definition) is 2. The summed E-state index contributed by atoms with van der Waals surface area (Å²) in [5.74, 6) is 0. The van der Waals surface area contributed by atoms with E-state index in [0.717, 1.165) is 26.3 Å². The molecule has 2 nitrogen and oxygen atoms in total. The Bertz CT molecular complexity index is 104. The van der Waals surface area contributed by atoms with Crippen molar-refractivity contribution in [1.29, 1.82) is 0 Å². The lowest BCUT2D eigenvalue weighted by molar-refractivity contribution is 0.0638. The Balaban J connectivity index is 0.000000640. The molecule has 0 amide bonds. The summed E-state index contributed by atoms with van der Waals surface area (Å²) in [5.41, 5.74) is 0. The maximum absolute atomic E-state index is 5.12. The summed E-state index contributed by atoms with van der Waals surface area (Å²) in [6.45, 7) is 3.33. The van der Waals surface area contributed by atoms with Crippen molar-refractivity contribution in [2.45, 2.75) is 0 Å². The third kappa shape index (κ3) is 2.34. The number of nitrogens with zero attached hydrogens (tertiary/aromatic N) is 1. The Morgan fingerprint density at radius 3 is 2.22 bits per heavy atom. The van der Waals surface area contributed by atoms with Crippen LogP contribution in [0, 0.1) is 12.5 Å². The average molecular weight is 131 g/mol. The van der Waals surface area contributed by atoms with Crippen LogP contribution in [0.1, 0.15) is 0 Å². The molecule has 1 fully saturated rings. The molecule has 1 aliphatic rings. The molecule has 1 rings (SSSR count). The largest absolute Gasteiger partial charge is 0.378 e. The van der Waals surface area contributed by atoms with E-state index in [9.17, 15) is 0 Å². The van der Waals surface area contributed by atoms with E-state index in [-0.39, 0.29) is 4.70 Å². The lowest BCUT2D eigenvalue weighted by Crippen LogP contribution is -2.32. The quantitative estimate of drug-likeness (QED) is 0.431. The fourth-order valence-corrected chi connectivity index (χ4v) is 0.692. The van der Waals surface area contributed by atoms with Crippen LogP contribution in [0.4, 0.5) is 4.70 Å². The smallest absolute Gasteiger partial charge is 0.0649 e. The Kier molecular flexibility index (Phi) is 3.81. The molecule has 0 aromatic rings. The number of terminal acetylenes is 1. The van der Waals surface area contributed by atoms with Crippen LogP contribution in [0.2, 0.25) is 0 Å². The number of ether oxygens (including phenoxy) is 1. The van der Waals surface area contributed by atoms with Gasteiger partial charge in [0.15, 0.2) is 0 Å². The van der Waals surface area contributed by atoms with E-state index >= 15 is 0 Å². The fourth-order valence-electron chi connectivity index (χ4n) is 0.692. The van der Waals surface area contributed by atoms with Gasteiger partial charge in [0.2, 0.25) is 0 Å². The van der Waals surface area contributed by atoms with Crippen LogP contribution < -0.4 is 0 Å². The Morgan fingerprint density at radius 1 is 1.33 bits per heavy atom. The molecule has 0 atom stereocenters. The predicted molar refractivity (Wildman–Crippen MR) is 33.7 cm³/mol. The van der Waals surface area contributed by atoms with Crippen LogP contribution in [0.25, 0.3) is 0 Å². The van der Waals surface area contributed by atoms with Gasteiger partial charge in [-0.05, 0) is 0 Å². The molecule has 1 heterocycles. The van der Waals surface area contributed by atoms with Crippen LogP contribution in [0.15, 0.2) is 0 Å².